The lowest BCUT2D eigenvalue weighted by molar-refractivity contribution is 0.0668. The first-order valence-electron chi connectivity index (χ1n) is 8.03. The Morgan fingerprint density at radius 1 is 1.32 bits per heavy atom. The number of aromatic nitrogens is 3. The average Bonchev–Trinajstić information content (AvgIpc) is 3.39. The molecule has 0 aliphatic carbocycles. The third-order valence-electron chi connectivity index (χ3n) is 4.56. The van der Waals surface area contributed by atoms with Gasteiger partial charge in [0.1, 0.15) is 23.1 Å². The third kappa shape index (κ3) is 2.27. The van der Waals surface area contributed by atoms with Gasteiger partial charge in [0.15, 0.2) is 0 Å². The van der Waals surface area contributed by atoms with E-state index in [9.17, 15) is 4.79 Å². The molecule has 1 aromatic carbocycles. The minimum Gasteiger partial charge on any atom is -0.458 e. The monoisotopic (exact) mass is 350 g/mol. The molecule has 0 spiro atoms. The van der Waals surface area contributed by atoms with Gasteiger partial charge in [0.2, 0.25) is 0 Å². The summed E-state index contributed by atoms with van der Waals surface area (Å²) in [5.41, 5.74) is 3.16. The van der Waals surface area contributed by atoms with E-state index in [0.29, 0.717) is 12.2 Å². The van der Waals surface area contributed by atoms with Crippen molar-refractivity contribution in [2.75, 3.05) is 6.54 Å². The first-order chi connectivity index (χ1) is 12.3. The van der Waals surface area contributed by atoms with Crippen LogP contribution in [0.5, 0.6) is 0 Å². The van der Waals surface area contributed by atoms with Gasteiger partial charge in [-0.15, -0.1) is 0 Å². The SMILES string of the molecule is O=C(c1ccsn1)N1CCc2[nH]cnc2[C@@H]1c1cc2ccccc2o1. The van der Waals surface area contributed by atoms with E-state index in [2.05, 4.69) is 14.3 Å². The van der Waals surface area contributed by atoms with Gasteiger partial charge in [0.25, 0.3) is 5.91 Å². The van der Waals surface area contributed by atoms with Crippen LogP contribution >= 0.6 is 11.5 Å². The van der Waals surface area contributed by atoms with Crippen LogP contribution < -0.4 is 0 Å². The predicted molar refractivity (Wildman–Crippen MR) is 93.5 cm³/mol. The fourth-order valence-electron chi connectivity index (χ4n) is 3.39. The average molecular weight is 350 g/mol. The first kappa shape index (κ1) is 14.4. The van der Waals surface area contributed by atoms with Crippen molar-refractivity contribution in [2.24, 2.45) is 0 Å². The third-order valence-corrected chi connectivity index (χ3v) is 5.12. The molecule has 0 saturated carbocycles. The number of rotatable bonds is 2. The molecule has 25 heavy (non-hydrogen) atoms. The zero-order valence-electron chi connectivity index (χ0n) is 13.2. The van der Waals surface area contributed by atoms with Crippen molar-refractivity contribution in [1.82, 2.24) is 19.2 Å². The Morgan fingerprint density at radius 3 is 3.08 bits per heavy atom. The van der Waals surface area contributed by atoms with E-state index in [0.717, 1.165) is 34.5 Å². The maximum absolute atomic E-state index is 13.0. The summed E-state index contributed by atoms with van der Waals surface area (Å²) < 4.78 is 10.3. The van der Waals surface area contributed by atoms with Crippen LogP contribution in [0, 0.1) is 0 Å². The molecular formula is C18H14N4O2S. The Labute approximate surface area is 147 Å². The van der Waals surface area contributed by atoms with Gasteiger partial charge in [-0.1, -0.05) is 18.2 Å². The van der Waals surface area contributed by atoms with Crippen molar-refractivity contribution < 1.29 is 9.21 Å². The lowest BCUT2D eigenvalue weighted by Crippen LogP contribution is -2.40. The molecule has 1 aliphatic heterocycles. The molecule has 6 nitrogen and oxygen atoms in total. The number of benzene rings is 1. The molecule has 0 saturated heterocycles. The number of para-hydroxylation sites is 1. The molecular weight excluding hydrogens is 336 g/mol. The number of nitrogens with zero attached hydrogens (tertiary/aromatic N) is 3. The lowest BCUT2D eigenvalue weighted by Gasteiger charge is -2.33. The summed E-state index contributed by atoms with van der Waals surface area (Å²) in [6, 6.07) is 11.2. The fourth-order valence-corrected chi connectivity index (χ4v) is 3.89. The van der Waals surface area contributed by atoms with Crippen molar-refractivity contribution in [3.05, 3.63) is 70.9 Å². The summed E-state index contributed by atoms with van der Waals surface area (Å²) in [6.45, 7) is 0.591. The zero-order valence-corrected chi connectivity index (χ0v) is 14.0. The van der Waals surface area contributed by atoms with Crippen molar-refractivity contribution in [3.63, 3.8) is 0 Å². The van der Waals surface area contributed by atoms with Crippen LogP contribution in [-0.2, 0) is 6.42 Å². The van der Waals surface area contributed by atoms with Crippen LogP contribution in [0.4, 0.5) is 0 Å². The van der Waals surface area contributed by atoms with Gasteiger partial charge >= 0.3 is 0 Å². The second-order valence-corrected chi connectivity index (χ2v) is 6.65. The van der Waals surface area contributed by atoms with E-state index in [4.69, 9.17) is 4.42 Å². The van der Waals surface area contributed by atoms with E-state index in [1.54, 1.807) is 17.3 Å². The Morgan fingerprint density at radius 2 is 2.24 bits per heavy atom. The van der Waals surface area contributed by atoms with Crippen LogP contribution in [0.15, 0.2) is 52.5 Å². The maximum atomic E-state index is 13.0. The topological polar surface area (TPSA) is 75.0 Å². The van der Waals surface area contributed by atoms with Gasteiger partial charge in [-0.25, -0.2) is 4.98 Å². The Kier molecular flexibility index (Phi) is 3.21. The number of hydrogen-bond donors (Lipinski definition) is 1. The second-order valence-electron chi connectivity index (χ2n) is 5.99. The van der Waals surface area contributed by atoms with Crippen LogP contribution in [0.2, 0.25) is 0 Å². The molecule has 7 heteroatoms. The van der Waals surface area contributed by atoms with Gasteiger partial charge in [0.05, 0.1) is 12.0 Å². The number of hydrogen-bond acceptors (Lipinski definition) is 5. The van der Waals surface area contributed by atoms with E-state index < -0.39 is 0 Å². The predicted octanol–water partition coefficient (Wildman–Crippen LogP) is 3.40. The highest BCUT2D eigenvalue weighted by molar-refractivity contribution is 7.03. The number of fused-ring (bicyclic) bond motifs is 2. The Bertz CT molecular complexity index is 1020. The first-order valence-corrected chi connectivity index (χ1v) is 8.87. The molecule has 0 bridgehead atoms. The molecule has 1 N–H and O–H groups in total. The fraction of sp³-hybridized carbons (Fsp3) is 0.167. The minimum absolute atomic E-state index is 0.0969. The molecule has 4 aromatic rings. The summed E-state index contributed by atoms with van der Waals surface area (Å²) in [5, 5.41) is 2.83. The smallest absolute Gasteiger partial charge is 0.274 e. The zero-order chi connectivity index (χ0) is 16.8. The summed E-state index contributed by atoms with van der Waals surface area (Å²) >= 11 is 1.28. The van der Waals surface area contributed by atoms with E-state index in [1.807, 2.05) is 35.7 Å². The van der Waals surface area contributed by atoms with Crippen molar-refractivity contribution in [2.45, 2.75) is 12.5 Å². The van der Waals surface area contributed by atoms with E-state index >= 15 is 0 Å². The van der Waals surface area contributed by atoms with Gasteiger partial charge < -0.3 is 14.3 Å². The summed E-state index contributed by atoms with van der Waals surface area (Å²) in [5.74, 6) is 0.623. The number of furan rings is 1. The highest BCUT2D eigenvalue weighted by Gasteiger charge is 2.37. The van der Waals surface area contributed by atoms with Crippen LogP contribution in [0.25, 0.3) is 11.0 Å². The van der Waals surface area contributed by atoms with Gasteiger partial charge in [-0.2, -0.15) is 4.37 Å². The molecule has 1 amide bonds. The quantitative estimate of drug-likeness (QED) is 0.601. The summed E-state index contributed by atoms with van der Waals surface area (Å²) in [6.07, 6.45) is 2.42. The molecule has 0 unspecified atom stereocenters. The number of carbonyl (C=O) groups is 1. The maximum Gasteiger partial charge on any atom is 0.274 e. The van der Waals surface area contributed by atoms with E-state index in [-0.39, 0.29) is 11.9 Å². The van der Waals surface area contributed by atoms with Crippen molar-refractivity contribution in [3.8, 4) is 0 Å². The number of carbonyl (C=O) groups excluding carboxylic acids is 1. The molecule has 1 aliphatic rings. The van der Waals surface area contributed by atoms with Crippen LogP contribution in [0.3, 0.4) is 0 Å². The lowest BCUT2D eigenvalue weighted by atomic mass is 9.99. The van der Waals surface area contributed by atoms with Crippen LogP contribution in [0.1, 0.15) is 33.7 Å². The van der Waals surface area contributed by atoms with Gasteiger partial charge in [-0.3, -0.25) is 4.79 Å². The molecule has 0 fully saturated rings. The highest BCUT2D eigenvalue weighted by atomic mass is 32.1. The largest absolute Gasteiger partial charge is 0.458 e. The molecule has 4 heterocycles. The molecule has 1 atom stereocenters. The Balaban J connectivity index is 1.64. The van der Waals surface area contributed by atoms with Crippen molar-refractivity contribution in [1.29, 1.82) is 0 Å². The summed E-state index contributed by atoms with van der Waals surface area (Å²) in [7, 11) is 0. The molecule has 0 radical (unpaired) electrons. The van der Waals surface area contributed by atoms with Gasteiger partial charge in [0, 0.05) is 29.4 Å². The number of H-pyrrole nitrogens is 1. The Hall–Kier alpha value is -2.93. The molecule has 124 valence electrons. The van der Waals surface area contributed by atoms with Crippen molar-refractivity contribution >= 4 is 28.4 Å². The van der Waals surface area contributed by atoms with Crippen LogP contribution in [-0.4, -0.2) is 31.7 Å². The second kappa shape index (κ2) is 5.56. The highest BCUT2D eigenvalue weighted by Crippen LogP contribution is 2.36. The number of nitrogens with one attached hydrogen (secondary N) is 1. The number of imidazole rings is 1. The minimum atomic E-state index is -0.350. The van der Waals surface area contributed by atoms with Gasteiger partial charge in [-0.05, 0) is 29.7 Å². The number of aromatic amines is 1. The van der Waals surface area contributed by atoms with E-state index in [1.165, 1.54) is 11.5 Å². The molecule has 3 aromatic heterocycles. The summed E-state index contributed by atoms with van der Waals surface area (Å²) in [4.78, 5) is 22.4. The molecule has 5 rings (SSSR count). The normalized spacial score (nSPS) is 17.0. The standard InChI is InChI=1S/C18H14N4O2S/c23-18(13-6-8-25-21-13)22-7-5-12-16(20-10-19-12)17(22)15-9-11-3-1-2-4-14(11)24-15/h1-4,6,8-10,17H,5,7H2,(H,19,20)/t17-/m0/s1. The number of amides is 1.